The number of carbonyl (C=O) groups excluding carboxylic acids is 1. The minimum absolute atomic E-state index is 0.0277. The van der Waals surface area contributed by atoms with Crippen LogP contribution in [0.25, 0.3) is 22.5 Å². The minimum atomic E-state index is -0.276. The summed E-state index contributed by atoms with van der Waals surface area (Å²) in [5.41, 5.74) is 1.99. The molecule has 9 heteroatoms. The second kappa shape index (κ2) is 8.55. The van der Waals surface area contributed by atoms with E-state index in [4.69, 9.17) is 27.7 Å². The van der Waals surface area contributed by atoms with Crippen molar-refractivity contribution < 1.29 is 14.4 Å². The van der Waals surface area contributed by atoms with Crippen molar-refractivity contribution in [3.05, 3.63) is 46.4 Å². The van der Waals surface area contributed by atoms with Crippen molar-refractivity contribution in [1.29, 1.82) is 0 Å². The number of amides is 1. The minimum Gasteiger partial charge on any atom is -0.507 e. The lowest BCUT2D eigenvalue weighted by atomic mass is 10.00. The van der Waals surface area contributed by atoms with Crippen LogP contribution in [0.4, 0.5) is 11.5 Å². The van der Waals surface area contributed by atoms with Gasteiger partial charge in [-0.15, -0.1) is 0 Å². The van der Waals surface area contributed by atoms with Crippen LogP contribution in [0.1, 0.15) is 6.92 Å². The van der Waals surface area contributed by atoms with E-state index in [-0.39, 0.29) is 21.7 Å². The summed E-state index contributed by atoms with van der Waals surface area (Å²) < 4.78 is 5.51. The highest BCUT2D eigenvalue weighted by Gasteiger charge is 2.20. The third-order valence-corrected chi connectivity index (χ3v) is 5.49. The molecule has 30 heavy (non-hydrogen) atoms. The summed E-state index contributed by atoms with van der Waals surface area (Å²) in [5.74, 6) is 0.957. The third kappa shape index (κ3) is 4.09. The topological polar surface area (TPSA) is 90.6 Å². The molecule has 1 amide bonds. The number of para-hydroxylation sites is 1. The molecule has 0 bridgehead atoms. The summed E-state index contributed by atoms with van der Waals surface area (Å²) in [6.45, 7) is 4.84. The van der Waals surface area contributed by atoms with Gasteiger partial charge in [-0.25, -0.2) is 0 Å². The molecule has 4 rings (SSSR count). The molecular weight excluding hydrogens is 427 g/mol. The highest BCUT2D eigenvalue weighted by molar-refractivity contribution is 6.40. The van der Waals surface area contributed by atoms with Crippen LogP contribution >= 0.6 is 23.2 Å². The lowest BCUT2D eigenvalue weighted by Gasteiger charge is -2.26. The Kier molecular flexibility index (Phi) is 5.85. The quantitative estimate of drug-likeness (QED) is 0.550. The molecule has 0 atom stereocenters. The maximum Gasteiger partial charge on any atom is 0.221 e. The van der Waals surface area contributed by atoms with Gasteiger partial charge < -0.3 is 25.2 Å². The molecule has 1 aromatic heterocycles. The van der Waals surface area contributed by atoms with Gasteiger partial charge in [0.25, 0.3) is 0 Å². The van der Waals surface area contributed by atoms with Crippen molar-refractivity contribution in [3.8, 4) is 28.2 Å². The summed E-state index contributed by atoms with van der Waals surface area (Å²) >= 11 is 12.6. The molecule has 1 aliphatic heterocycles. The number of anilines is 2. The van der Waals surface area contributed by atoms with E-state index in [9.17, 15) is 9.90 Å². The molecule has 2 aromatic carbocycles. The number of piperazine rings is 1. The molecule has 0 spiro atoms. The lowest BCUT2D eigenvalue weighted by molar-refractivity contribution is -0.114. The van der Waals surface area contributed by atoms with Crippen molar-refractivity contribution in [2.45, 2.75) is 6.92 Å². The van der Waals surface area contributed by atoms with Crippen LogP contribution in [0.5, 0.6) is 5.75 Å². The fraction of sp³-hybridized carbons (Fsp3) is 0.238. The normalized spacial score (nSPS) is 14.0. The zero-order valence-corrected chi connectivity index (χ0v) is 17.7. The standard InChI is InChI=1S/C21H20Cl2N4O3/c1-12(28)25-20-16(22)9-13(10-17(20)23)14-3-2-4-15(21(14)29)18-11-19(26-30-18)27-7-5-24-6-8-27/h2-4,9-11,24,29H,5-8H2,1H3,(H,25,28). The Morgan fingerprint density at radius 3 is 2.50 bits per heavy atom. The van der Waals surface area contributed by atoms with E-state index < -0.39 is 0 Å². The fourth-order valence-electron chi connectivity index (χ4n) is 3.44. The smallest absolute Gasteiger partial charge is 0.221 e. The predicted molar refractivity (Wildman–Crippen MR) is 118 cm³/mol. The highest BCUT2D eigenvalue weighted by atomic mass is 35.5. The molecule has 7 nitrogen and oxygen atoms in total. The van der Waals surface area contributed by atoms with Gasteiger partial charge in [0.15, 0.2) is 11.6 Å². The monoisotopic (exact) mass is 446 g/mol. The average Bonchev–Trinajstić information content (AvgIpc) is 3.21. The average molecular weight is 447 g/mol. The van der Waals surface area contributed by atoms with Gasteiger partial charge in [-0.05, 0) is 23.8 Å². The second-order valence-corrected chi connectivity index (χ2v) is 7.80. The first-order valence-corrected chi connectivity index (χ1v) is 10.2. The van der Waals surface area contributed by atoms with Crippen molar-refractivity contribution in [2.24, 2.45) is 0 Å². The summed E-state index contributed by atoms with van der Waals surface area (Å²) in [4.78, 5) is 13.5. The van der Waals surface area contributed by atoms with Crippen molar-refractivity contribution in [1.82, 2.24) is 10.5 Å². The number of nitrogens with zero attached hydrogens (tertiary/aromatic N) is 2. The number of halogens is 2. The van der Waals surface area contributed by atoms with Crippen molar-refractivity contribution in [2.75, 3.05) is 36.4 Å². The molecule has 0 radical (unpaired) electrons. The fourth-order valence-corrected chi connectivity index (χ4v) is 4.02. The summed E-state index contributed by atoms with van der Waals surface area (Å²) in [6.07, 6.45) is 0. The van der Waals surface area contributed by atoms with Gasteiger partial charge in [-0.3, -0.25) is 4.79 Å². The Balaban J connectivity index is 1.69. The molecule has 2 heterocycles. The number of nitrogens with one attached hydrogen (secondary N) is 2. The molecule has 0 aliphatic carbocycles. The van der Waals surface area contributed by atoms with Crippen molar-refractivity contribution >= 4 is 40.6 Å². The van der Waals surface area contributed by atoms with Crippen LogP contribution in [0.2, 0.25) is 10.0 Å². The molecule has 3 N–H and O–H groups in total. The Labute approximate surface area is 183 Å². The lowest BCUT2D eigenvalue weighted by Crippen LogP contribution is -2.43. The number of aromatic hydroxyl groups is 1. The van der Waals surface area contributed by atoms with Gasteiger partial charge in [0.2, 0.25) is 5.91 Å². The number of benzene rings is 2. The van der Waals surface area contributed by atoms with E-state index in [1.165, 1.54) is 6.92 Å². The van der Waals surface area contributed by atoms with E-state index in [0.29, 0.717) is 28.1 Å². The molecule has 1 aliphatic rings. The second-order valence-electron chi connectivity index (χ2n) is 6.98. The van der Waals surface area contributed by atoms with Crippen LogP contribution in [0, 0.1) is 0 Å². The Morgan fingerprint density at radius 1 is 1.17 bits per heavy atom. The number of phenols is 1. The Hall–Kier alpha value is -2.74. The molecule has 0 unspecified atom stereocenters. The molecule has 3 aromatic rings. The first-order chi connectivity index (χ1) is 14.4. The summed E-state index contributed by atoms with van der Waals surface area (Å²) in [7, 11) is 0. The summed E-state index contributed by atoms with van der Waals surface area (Å²) in [5, 5.41) is 21.6. The van der Waals surface area contributed by atoms with Crippen LogP contribution in [0.15, 0.2) is 40.9 Å². The SMILES string of the molecule is CC(=O)Nc1c(Cl)cc(-c2cccc(-c3cc(N4CCNCC4)no3)c2O)cc1Cl. The van der Waals surface area contributed by atoms with E-state index in [0.717, 1.165) is 32.0 Å². The molecule has 156 valence electrons. The zero-order chi connectivity index (χ0) is 21.3. The van der Waals surface area contributed by atoms with Gasteiger partial charge in [0, 0.05) is 44.7 Å². The van der Waals surface area contributed by atoms with Gasteiger partial charge in [-0.2, -0.15) is 0 Å². The van der Waals surface area contributed by atoms with Gasteiger partial charge >= 0.3 is 0 Å². The van der Waals surface area contributed by atoms with Crippen LogP contribution in [-0.4, -0.2) is 42.3 Å². The summed E-state index contributed by atoms with van der Waals surface area (Å²) in [6, 6.07) is 10.4. The number of carbonyl (C=O) groups is 1. The number of hydrogen-bond donors (Lipinski definition) is 3. The van der Waals surface area contributed by atoms with Crippen LogP contribution in [0.3, 0.4) is 0 Å². The van der Waals surface area contributed by atoms with Crippen LogP contribution in [-0.2, 0) is 4.79 Å². The van der Waals surface area contributed by atoms with Crippen molar-refractivity contribution in [3.63, 3.8) is 0 Å². The molecule has 1 fully saturated rings. The largest absolute Gasteiger partial charge is 0.507 e. The van der Waals surface area contributed by atoms with E-state index in [1.807, 2.05) is 6.07 Å². The van der Waals surface area contributed by atoms with E-state index in [1.54, 1.807) is 30.3 Å². The zero-order valence-electron chi connectivity index (χ0n) is 16.2. The predicted octanol–water partition coefficient (Wildman–Crippen LogP) is 4.39. The molecule has 0 saturated carbocycles. The first-order valence-electron chi connectivity index (χ1n) is 9.46. The number of rotatable bonds is 4. The number of hydrogen-bond acceptors (Lipinski definition) is 6. The first kappa shape index (κ1) is 20.5. The maximum absolute atomic E-state index is 11.4. The molecule has 1 saturated heterocycles. The van der Waals surface area contributed by atoms with E-state index >= 15 is 0 Å². The van der Waals surface area contributed by atoms with Gasteiger partial charge in [0.1, 0.15) is 5.75 Å². The van der Waals surface area contributed by atoms with E-state index in [2.05, 4.69) is 20.7 Å². The number of aromatic nitrogens is 1. The van der Waals surface area contributed by atoms with Gasteiger partial charge in [0.05, 0.1) is 21.3 Å². The molecular formula is C21H20Cl2N4O3. The Morgan fingerprint density at radius 2 is 1.83 bits per heavy atom. The van der Waals surface area contributed by atoms with Crippen LogP contribution < -0.4 is 15.5 Å². The number of phenolic OH excluding ortho intramolecular Hbond substituents is 1. The van der Waals surface area contributed by atoms with Gasteiger partial charge in [-0.1, -0.05) is 40.5 Å². The maximum atomic E-state index is 11.4. The highest BCUT2D eigenvalue weighted by Crippen LogP contribution is 2.42. The third-order valence-electron chi connectivity index (χ3n) is 4.89. The Bertz CT molecular complexity index is 1070.